The van der Waals surface area contributed by atoms with E-state index < -0.39 is 11.4 Å². The molecule has 2 bridgehead atoms. The minimum atomic E-state index is -0.599. The van der Waals surface area contributed by atoms with E-state index in [9.17, 15) is 9.90 Å². The summed E-state index contributed by atoms with van der Waals surface area (Å²) in [6, 6.07) is 10.5. The summed E-state index contributed by atoms with van der Waals surface area (Å²) >= 11 is 0. The van der Waals surface area contributed by atoms with Crippen LogP contribution in [0.5, 0.6) is 5.75 Å². The van der Waals surface area contributed by atoms with E-state index in [2.05, 4.69) is 49.5 Å². The summed E-state index contributed by atoms with van der Waals surface area (Å²) in [4.78, 5) is 16.6. The minimum Gasteiger partial charge on any atom is -0.490 e. The van der Waals surface area contributed by atoms with Gasteiger partial charge in [0.15, 0.2) is 0 Å². The van der Waals surface area contributed by atoms with Crippen LogP contribution in [0.3, 0.4) is 0 Å². The zero-order valence-electron chi connectivity index (χ0n) is 20.1. The van der Waals surface area contributed by atoms with Crippen molar-refractivity contribution in [1.29, 1.82) is 0 Å². The van der Waals surface area contributed by atoms with Gasteiger partial charge in [0.1, 0.15) is 5.75 Å². The Labute approximate surface area is 197 Å². The quantitative estimate of drug-likeness (QED) is 0.534. The number of fused-ring (bicyclic) bond motifs is 4. The molecule has 0 amide bonds. The van der Waals surface area contributed by atoms with Crippen molar-refractivity contribution in [2.75, 3.05) is 0 Å². The number of nitrogens with zero attached hydrogens (tertiary/aromatic N) is 1. The van der Waals surface area contributed by atoms with E-state index in [-0.39, 0.29) is 5.54 Å². The molecule has 1 aromatic heterocycles. The second-order valence-electron chi connectivity index (χ2n) is 11.3. The number of carboxylic acid groups (broad SMARTS) is 1. The standard InChI is InChI=1S/C28H38N2O3/c1-19(2)20-4-7-23(8-5-20)33-24-9-10-25-21(17-24)3-6-22(30-25)18-29-28-14-11-27(12-15-28,13-16-28)26(31)32/h3,6,9-10,17,19-20,23,29H,4-5,7-8,11-16,18H2,1-2H3,(H,31,32)/t20-,23+,27?,28?. The third kappa shape index (κ3) is 4.62. The second kappa shape index (κ2) is 8.90. The molecule has 0 aliphatic heterocycles. The molecule has 2 N–H and O–H groups in total. The number of hydrogen-bond donors (Lipinski definition) is 2. The molecule has 0 unspecified atom stereocenters. The average Bonchev–Trinajstić information content (AvgIpc) is 2.84. The first-order valence-corrected chi connectivity index (χ1v) is 12.9. The van der Waals surface area contributed by atoms with Crippen molar-refractivity contribution in [2.24, 2.45) is 17.3 Å². The largest absolute Gasteiger partial charge is 0.490 e. The van der Waals surface area contributed by atoms with Gasteiger partial charge < -0.3 is 15.2 Å². The molecular weight excluding hydrogens is 412 g/mol. The van der Waals surface area contributed by atoms with Crippen molar-refractivity contribution < 1.29 is 14.6 Å². The summed E-state index contributed by atoms with van der Waals surface area (Å²) in [6.07, 6.45) is 10.4. The molecule has 2 aromatic rings. The Morgan fingerprint density at radius 3 is 2.39 bits per heavy atom. The average molecular weight is 451 g/mol. The van der Waals surface area contributed by atoms with Crippen molar-refractivity contribution in [3.63, 3.8) is 0 Å². The lowest BCUT2D eigenvalue weighted by molar-refractivity contribution is -0.156. The summed E-state index contributed by atoms with van der Waals surface area (Å²) in [6.45, 7) is 5.40. The monoisotopic (exact) mass is 450 g/mol. The van der Waals surface area contributed by atoms with Crippen LogP contribution in [-0.4, -0.2) is 27.7 Å². The Morgan fingerprint density at radius 1 is 1.06 bits per heavy atom. The van der Waals surface area contributed by atoms with Crippen LogP contribution < -0.4 is 10.1 Å². The topological polar surface area (TPSA) is 71.5 Å². The number of hydrogen-bond acceptors (Lipinski definition) is 4. The summed E-state index contributed by atoms with van der Waals surface area (Å²) in [5, 5.41) is 14.5. The molecule has 0 saturated heterocycles. The zero-order chi connectivity index (χ0) is 23.1. The number of aromatic nitrogens is 1. The molecule has 0 atom stereocenters. The molecule has 1 aromatic carbocycles. The molecule has 4 fully saturated rings. The Bertz CT molecular complexity index is 985. The Hall–Kier alpha value is -2.14. The molecule has 33 heavy (non-hydrogen) atoms. The van der Waals surface area contributed by atoms with Gasteiger partial charge in [0.05, 0.1) is 22.7 Å². The van der Waals surface area contributed by atoms with Crippen LogP contribution in [0, 0.1) is 17.3 Å². The second-order valence-corrected chi connectivity index (χ2v) is 11.3. The fraction of sp³-hybridized carbons (Fsp3) is 0.643. The van der Waals surface area contributed by atoms with Crippen molar-refractivity contribution in [3.8, 4) is 5.75 Å². The van der Waals surface area contributed by atoms with Crippen LogP contribution in [-0.2, 0) is 11.3 Å². The molecule has 5 heteroatoms. The fourth-order valence-electron chi connectivity index (χ4n) is 6.43. The number of carboxylic acids is 1. The molecule has 4 saturated carbocycles. The van der Waals surface area contributed by atoms with Crippen molar-refractivity contribution in [2.45, 2.75) is 96.2 Å². The Kier molecular flexibility index (Phi) is 6.11. The number of ether oxygens (including phenoxy) is 1. The predicted octanol–water partition coefficient (Wildman–Crippen LogP) is 6.10. The van der Waals surface area contributed by atoms with Gasteiger partial charge in [-0.05, 0) is 100 Å². The summed E-state index contributed by atoms with van der Waals surface area (Å²) in [7, 11) is 0. The smallest absolute Gasteiger partial charge is 0.309 e. The maximum absolute atomic E-state index is 11.7. The highest BCUT2D eigenvalue weighted by Crippen LogP contribution is 2.52. The molecule has 4 aliphatic carbocycles. The first-order chi connectivity index (χ1) is 15.9. The van der Waals surface area contributed by atoms with Gasteiger partial charge in [-0.3, -0.25) is 9.78 Å². The van der Waals surface area contributed by atoms with E-state index in [0.717, 1.165) is 92.1 Å². The van der Waals surface area contributed by atoms with E-state index in [0.29, 0.717) is 6.10 Å². The molecule has 0 spiro atoms. The normalized spacial score (nSPS) is 31.7. The van der Waals surface area contributed by atoms with Gasteiger partial charge in [0.2, 0.25) is 0 Å². The van der Waals surface area contributed by atoms with E-state index in [1.165, 1.54) is 12.8 Å². The van der Waals surface area contributed by atoms with Gasteiger partial charge in [-0.1, -0.05) is 19.9 Å². The Morgan fingerprint density at radius 2 is 1.76 bits per heavy atom. The summed E-state index contributed by atoms with van der Waals surface area (Å²) in [5.74, 6) is 1.97. The van der Waals surface area contributed by atoms with Gasteiger partial charge in [0.25, 0.3) is 0 Å². The van der Waals surface area contributed by atoms with Crippen LogP contribution in [0.4, 0.5) is 0 Å². The van der Waals surface area contributed by atoms with E-state index >= 15 is 0 Å². The van der Waals surface area contributed by atoms with Crippen LogP contribution in [0.25, 0.3) is 10.9 Å². The maximum Gasteiger partial charge on any atom is 0.309 e. The predicted molar refractivity (Wildman–Crippen MR) is 130 cm³/mol. The number of rotatable bonds is 7. The van der Waals surface area contributed by atoms with Crippen molar-refractivity contribution >= 4 is 16.9 Å². The molecular formula is C28H38N2O3. The molecule has 178 valence electrons. The van der Waals surface area contributed by atoms with Gasteiger partial charge >= 0.3 is 5.97 Å². The fourth-order valence-corrected chi connectivity index (χ4v) is 6.43. The number of pyridine rings is 1. The third-order valence-electron chi connectivity index (χ3n) is 9.03. The highest BCUT2D eigenvalue weighted by Gasteiger charge is 2.52. The lowest BCUT2D eigenvalue weighted by Gasteiger charge is -2.51. The van der Waals surface area contributed by atoms with Crippen LogP contribution >= 0.6 is 0 Å². The van der Waals surface area contributed by atoms with E-state index in [1.54, 1.807) is 0 Å². The zero-order valence-corrected chi connectivity index (χ0v) is 20.1. The summed E-state index contributed by atoms with van der Waals surface area (Å²) < 4.78 is 6.32. The number of benzene rings is 1. The lowest BCUT2D eigenvalue weighted by atomic mass is 9.57. The minimum absolute atomic E-state index is 0.0834. The van der Waals surface area contributed by atoms with Crippen LogP contribution in [0.2, 0.25) is 0 Å². The summed E-state index contributed by atoms with van der Waals surface area (Å²) in [5.41, 5.74) is 1.66. The highest BCUT2D eigenvalue weighted by molar-refractivity contribution is 5.80. The number of carbonyl (C=O) groups is 1. The number of nitrogens with one attached hydrogen (secondary N) is 1. The molecule has 0 radical (unpaired) electrons. The molecule has 5 nitrogen and oxygen atoms in total. The molecule has 1 heterocycles. The SMILES string of the molecule is CC(C)[C@H]1CC[C@@H](Oc2ccc3nc(CNC45CCC(C(=O)O)(CC4)CC5)ccc3c2)CC1. The first kappa shape index (κ1) is 22.6. The molecule has 6 rings (SSSR count). The molecule has 4 aliphatic rings. The van der Waals surface area contributed by atoms with Gasteiger partial charge in [-0.25, -0.2) is 0 Å². The van der Waals surface area contributed by atoms with E-state index in [1.807, 2.05) is 0 Å². The van der Waals surface area contributed by atoms with Gasteiger partial charge in [0, 0.05) is 17.5 Å². The van der Waals surface area contributed by atoms with Gasteiger partial charge in [-0.2, -0.15) is 0 Å². The van der Waals surface area contributed by atoms with Crippen LogP contribution in [0.15, 0.2) is 30.3 Å². The van der Waals surface area contributed by atoms with Crippen LogP contribution in [0.1, 0.15) is 83.7 Å². The third-order valence-corrected chi connectivity index (χ3v) is 9.03. The van der Waals surface area contributed by atoms with Crippen molar-refractivity contribution in [1.82, 2.24) is 10.3 Å². The van der Waals surface area contributed by atoms with Crippen molar-refractivity contribution in [3.05, 3.63) is 36.0 Å². The highest BCUT2D eigenvalue weighted by atomic mass is 16.5. The van der Waals surface area contributed by atoms with E-state index in [4.69, 9.17) is 9.72 Å². The number of aliphatic carboxylic acids is 1. The lowest BCUT2D eigenvalue weighted by Crippen LogP contribution is -2.56. The Balaban J connectivity index is 1.18. The first-order valence-electron chi connectivity index (χ1n) is 12.9. The maximum atomic E-state index is 11.7. The van der Waals surface area contributed by atoms with Gasteiger partial charge in [-0.15, -0.1) is 0 Å².